The van der Waals surface area contributed by atoms with Crippen molar-refractivity contribution >= 4 is 30.6 Å². The van der Waals surface area contributed by atoms with E-state index in [2.05, 4.69) is 4.98 Å². The number of amides is 1. The lowest BCUT2D eigenvalue weighted by Gasteiger charge is -2.21. The molecule has 0 saturated carbocycles. The fraction of sp³-hybridized carbons (Fsp3) is 0.310. The fourth-order valence-corrected chi connectivity index (χ4v) is 5.60. The molecular weight excluding hydrogens is 635 g/mol. The van der Waals surface area contributed by atoms with Crippen molar-refractivity contribution in [2.75, 3.05) is 6.61 Å². The number of aromatic nitrogens is 2. The molecule has 0 aliphatic carbocycles. The molecule has 2 aromatic carbocycles. The number of aliphatic hydroxyl groups is 2. The Morgan fingerprint density at radius 1 is 1.17 bits per heavy atom. The average Bonchev–Trinajstić information content (AvgIpc) is 3.52. The predicted molar refractivity (Wildman–Crippen MR) is 153 cm³/mol. The van der Waals surface area contributed by atoms with E-state index in [4.69, 9.17) is 18.4 Å². The minimum atomic E-state index is -4.87. The van der Waals surface area contributed by atoms with Gasteiger partial charge in [-0.1, -0.05) is 24.3 Å². The van der Waals surface area contributed by atoms with E-state index in [1.807, 2.05) is 13.0 Å². The van der Waals surface area contributed by atoms with Crippen LogP contribution in [-0.2, 0) is 43.0 Å². The Bertz CT molecular complexity index is 1860. The molecule has 0 spiro atoms. The van der Waals surface area contributed by atoms with Crippen molar-refractivity contribution < 1.29 is 56.5 Å². The van der Waals surface area contributed by atoms with E-state index in [1.54, 1.807) is 23.3 Å². The summed E-state index contributed by atoms with van der Waals surface area (Å²) >= 11 is 0. The number of aliphatic hydroxyl groups excluding tert-OH is 2. The van der Waals surface area contributed by atoms with E-state index >= 15 is 0 Å². The van der Waals surface area contributed by atoms with Crippen LogP contribution in [0.3, 0.4) is 0 Å². The summed E-state index contributed by atoms with van der Waals surface area (Å²) in [5.41, 5.74) is 0.616. The van der Waals surface area contributed by atoms with E-state index in [0.29, 0.717) is 26.9 Å². The molecule has 244 valence electrons. The number of benzene rings is 2. The Labute approximate surface area is 258 Å². The number of carbonyl (C=O) groups excluding carboxylic acids is 2. The lowest BCUT2D eigenvalue weighted by molar-refractivity contribution is -0.144. The second kappa shape index (κ2) is 13.2. The summed E-state index contributed by atoms with van der Waals surface area (Å²) in [6, 6.07) is 13.7. The molecule has 46 heavy (non-hydrogen) atoms. The van der Waals surface area contributed by atoms with Crippen LogP contribution in [0.25, 0.3) is 11.0 Å². The standard InChI is InChI=1S/C29H28F2N3O11P/c1-16-9-18-11-21(44-24(18)19(10-16)13-35)14-42-23(36)12-20-7-8-34(28(39)32-20)27-29(30,31)25(37)22(45-27)15-43-46(40,41)33-26(38)17-5-3-2-4-6-17/h2-11,22,25,27,35,37H,12-15H2,1H3,(H2,33,38,40,41)/t22-,25-,27-/m1/s1. The molecular formula is C29H28F2N3O11P. The molecule has 4 atom stereocenters. The van der Waals surface area contributed by atoms with Crippen LogP contribution < -0.4 is 10.8 Å². The first-order chi connectivity index (χ1) is 21.8. The summed E-state index contributed by atoms with van der Waals surface area (Å²) in [4.78, 5) is 50.8. The highest BCUT2D eigenvalue weighted by Gasteiger charge is 2.60. The number of rotatable bonds is 11. The maximum atomic E-state index is 15.0. The number of carbonyl (C=O) groups is 2. The van der Waals surface area contributed by atoms with Crippen LogP contribution in [0, 0.1) is 6.92 Å². The lowest BCUT2D eigenvalue weighted by Crippen LogP contribution is -2.42. The quantitative estimate of drug-likeness (QED) is 0.135. The highest BCUT2D eigenvalue weighted by atomic mass is 31.2. The zero-order valence-electron chi connectivity index (χ0n) is 24.0. The van der Waals surface area contributed by atoms with Gasteiger partial charge in [0.15, 0.2) is 6.10 Å². The van der Waals surface area contributed by atoms with Gasteiger partial charge in [0.1, 0.15) is 24.1 Å². The first-order valence-electron chi connectivity index (χ1n) is 13.7. The normalized spacial score (nSPS) is 20.3. The number of hydrogen-bond donors (Lipinski definition) is 4. The van der Waals surface area contributed by atoms with Crippen LogP contribution in [0.2, 0.25) is 0 Å². The van der Waals surface area contributed by atoms with E-state index in [1.165, 1.54) is 24.3 Å². The largest absolute Gasteiger partial charge is 0.457 e. The molecule has 2 aromatic heterocycles. The van der Waals surface area contributed by atoms with Crippen LogP contribution in [0.4, 0.5) is 8.78 Å². The average molecular weight is 664 g/mol. The number of nitrogens with zero attached hydrogens (tertiary/aromatic N) is 2. The van der Waals surface area contributed by atoms with Crippen molar-refractivity contribution in [3.63, 3.8) is 0 Å². The molecule has 4 N–H and O–H groups in total. The van der Waals surface area contributed by atoms with Crippen molar-refractivity contribution in [3.8, 4) is 0 Å². The third-order valence-corrected chi connectivity index (χ3v) is 7.96. The Kier molecular flexibility index (Phi) is 9.49. The van der Waals surface area contributed by atoms with Crippen LogP contribution in [-0.4, -0.2) is 61.3 Å². The Balaban J connectivity index is 1.19. The number of furan rings is 1. The molecule has 0 bridgehead atoms. The summed E-state index contributed by atoms with van der Waals surface area (Å²) < 4.78 is 63.4. The molecule has 0 radical (unpaired) electrons. The predicted octanol–water partition coefficient (Wildman–Crippen LogP) is 2.52. The SMILES string of the molecule is Cc1cc(CO)c2oc(COC(=O)Cc3ccn([C@@H]4O[C@H](COP(=O)(O)NC(=O)c5ccccc5)[C@@H](O)C4(F)F)c(=O)n3)cc2c1. The molecule has 1 saturated heterocycles. The Morgan fingerprint density at radius 3 is 2.61 bits per heavy atom. The van der Waals surface area contributed by atoms with Gasteiger partial charge >= 0.3 is 25.3 Å². The van der Waals surface area contributed by atoms with Gasteiger partial charge in [-0.3, -0.25) is 23.8 Å². The zero-order chi connectivity index (χ0) is 33.2. The third-order valence-electron chi connectivity index (χ3n) is 6.97. The van der Waals surface area contributed by atoms with Gasteiger partial charge in [-0.2, -0.15) is 13.8 Å². The van der Waals surface area contributed by atoms with Crippen LogP contribution in [0.1, 0.15) is 39.2 Å². The second-order valence-corrected chi connectivity index (χ2v) is 12.0. The van der Waals surface area contributed by atoms with Crippen LogP contribution >= 0.6 is 7.75 Å². The summed E-state index contributed by atoms with van der Waals surface area (Å²) in [5.74, 6) is -5.54. The number of aryl methyl sites for hydroxylation is 1. The van der Waals surface area contributed by atoms with Gasteiger partial charge in [0.2, 0.25) is 6.23 Å². The van der Waals surface area contributed by atoms with E-state index in [9.17, 15) is 42.8 Å². The number of fused-ring (bicyclic) bond motifs is 1. The lowest BCUT2D eigenvalue weighted by atomic mass is 10.1. The van der Waals surface area contributed by atoms with Crippen molar-refractivity contribution in [1.29, 1.82) is 0 Å². The minimum Gasteiger partial charge on any atom is -0.457 e. The number of hydrogen-bond acceptors (Lipinski definition) is 11. The number of halogens is 2. The first kappa shape index (κ1) is 33.1. The topological polar surface area (TPSA) is 200 Å². The van der Waals surface area contributed by atoms with Gasteiger partial charge < -0.3 is 29.0 Å². The van der Waals surface area contributed by atoms with Crippen molar-refractivity contribution in [3.05, 3.63) is 99.4 Å². The smallest absolute Gasteiger partial charge is 0.432 e. The Hall–Kier alpha value is -4.31. The van der Waals surface area contributed by atoms with Crippen LogP contribution in [0.15, 0.2) is 70.0 Å². The minimum absolute atomic E-state index is 0.0336. The molecule has 14 nitrogen and oxygen atoms in total. The van der Waals surface area contributed by atoms with Gasteiger partial charge in [0.25, 0.3) is 5.91 Å². The zero-order valence-corrected chi connectivity index (χ0v) is 24.9. The van der Waals surface area contributed by atoms with Gasteiger partial charge in [-0.05, 0) is 42.8 Å². The maximum absolute atomic E-state index is 15.0. The summed E-state index contributed by atoms with van der Waals surface area (Å²) in [6.07, 6.45) is -6.43. The van der Waals surface area contributed by atoms with Crippen LogP contribution in [0.5, 0.6) is 0 Å². The third kappa shape index (κ3) is 7.22. The molecule has 1 unspecified atom stereocenters. The first-order valence-corrected chi connectivity index (χ1v) is 15.3. The number of nitrogens with one attached hydrogen (secondary N) is 1. The van der Waals surface area contributed by atoms with Gasteiger partial charge in [-0.15, -0.1) is 0 Å². The highest BCUT2D eigenvalue weighted by Crippen LogP contribution is 2.44. The molecule has 4 aromatic rings. The fourth-order valence-electron chi connectivity index (χ4n) is 4.80. The van der Waals surface area contributed by atoms with Crippen molar-refractivity contribution in [2.45, 2.75) is 50.9 Å². The van der Waals surface area contributed by atoms with Gasteiger partial charge in [0, 0.05) is 22.7 Å². The maximum Gasteiger partial charge on any atom is 0.432 e. The van der Waals surface area contributed by atoms with E-state index in [0.717, 1.165) is 17.8 Å². The number of esters is 1. The summed E-state index contributed by atoms with van der Waals surface area (Å²) in [6.45, 7) is 0.309. The molecule has 17 heteroatoms. The number of ether oxygens (including phenoxy) is 2. The molecule has 1 aliphatic rings. The molecule has 1 aliphatic heterocycles. The summed E-state index contributed by atoms with van der Waals surface area (Å²) in [5, 5.41) is 22.2. The van der Waals surface area contributed by atoms with E-state index in [-0.39, 0.29) is 24.5 Å². The highest BCUT2D eigenvalue weighted by molar-refractivity contribution is 7.51. The van der Waals surface area contributed by atoms with Gasteiger partial charge in [-0.25, -0.2) is 9.36 Å². The monoisotopic (exact) mass is 663 g/mol. The number of alkyl halides is 2. The van der Waals surface area contributed by atoms with Crippen molar-refractivity contribution in [2.24, 2.45) is 0 Å². The van der Waals surface area contributed by atoms with Gasteiger partial charge in [0.05, 0.1) is 25.3 Å². The van der Waals surface area contributed by atoms with Crippen molar-refractivity contribution in [1.82, 2.24) is 14.6 Å². The molecule has 1 amide bonds. The Morgan fingerprint density at radius 2 is 1.91 bits per heavy atom. The molecule has 3 heterocycles. The van der Waals surface area contributed by atoms with E-state index < -0.39 is 62.7 Å². The molecule has 5 rings (SSSR count). The summed E-state index contributed by atoms with van der Waals surface area (Å²) in [7, 11) is -4.87. The molecule has 1 fully saturated rings. The second-order valence-electron chi connectivity index (χ2n) is 10.4.